The van der Waals surface area contributed by atoms with Gasteiger partial charge in [0.1, 0.15) is 0 Å². The number of nitrogens with one attached hydrogen (secondary N) is 3. The minimum absolute atomic E-state index is 0.114. The largest absolute Gasteiger partial charge is 0.379 e. The summed E-state index contributed by atoms with van der Waals surface area (Å²) < 4.78 is 30.8. The van der Waals surface area contributed by atoms with E-state index in [2.05, 4.69) is 39.1 Å². The van der Waals surface area contributed by atoms with Crippen molar-refractivity contribution in [3.05, 3.63) is 0 Å². The monoisotopic (exact) mass is 391 g/mol. The van der Waals surface area contributed by atoms with Crippen molar-refractivity contribution in [3.8, 4) is 0 Å². The molecule has 3 N–H and O–H groups in total. The highest BCUT2D eigenvalue weighted by atomic mass is 32.2. The van der Waals surface area contributed by atoms with E-state index in [0.29, 0.717) is 31.5 Å². The third-order valence-electron chi connectivity index (χ3n) is 4.38. The molecular formula is C17H37N5O3S. The number of guanidine groups is 1. The summed E-state index contributed by atoms with van der Waals surface area (Å²) in [4.78, 5) is 6.75. The number of sulfonamides is 1. The van der Waals surface area contributed by atoms with Gasteiger partial charge in [-0.25, -0.2) is 13.1 Å². The molecular weight excluding hydrogens is 354 g/mol. The Bertz CT molecular complexity index is 505. The molecule has 1 heterocycles. The van der Waals surface area contributed by atoms with Gasteiger partial charge in [0.25, 0.3) is 0 Å². The summed E-state index contributed by atoms with van der Waals surface area (Å²) in [6, 6.07) is 0.453. The van der Waals surface area contributed by atoms with Gasteiger partial charge in [-0.15, -0.1) is 0 Å². The molecule has 0 aromatic carbocycles. The Hall–Kier alpha value is -0.900. The van der Waals surface area contributed by atoms with E-state index in [1.807, 2.05) is 0 Å². The molecule has 1 fully saturated rings. The lowest BCUT2D eigenvalue weighted by Gasteiger charge is -2.35. The van der Waals surface area contributed by atoms with Crippen molar-refractivity contribution in [3.63, 3.8) is 0 Å². The lowest BCUT2D eigenvalue weighted by Crippen LogP contribution is -2.51. The predicted molar refractivity (Wildman–Crippen MR) is 107 cm³/mol. The molecule has 0 spiro atoms. The van der Waals surface area contributed by atoms with Gasteiger partial charge in [0.05, 0.1) is 19.0 Å². The van der Waals surface area contributed by atoms with Gasteiger partial charge >= 0.3 is 0 Å². The van der Waals surface area contributed by atoms with Gasteiger partial charge in [-0.05, 0) is 25.7 Å². The second-order valence-corrected chi connectivity index (χ2v) is 9.06. The second kappa shape index (κ2) is 12.5. The fraction of sp³-hybridized carbons (Fsp3) is 0.941. The van der Waals surface area contributed by atoms with Crippen LogP contribution < -0.4 is 15.4 Å². The molecule has 0 amide bonds. The first kappa shape index (κ1) is 23.1. The predicted octanol–water partition coefficient (Wildman–Crippen LogP) is 0.228. The molecule has 8 nitrogen and oxygen atoms in total. The lowest BCUT2D eigenvalue weighted by atomic mass is 10.0. The Kier molecular flexibility index (Phi) is 11.1. The molecule has 0 aliphatic carbocycles. The first-order valence-corrected chi connectivity index (χ1v) is 11.3. The van der Waals surface area contributed by atoms with Crippen LogP contribution >= 0.6 is 0 Å². The summed E-state index contributed by atoms with van der Waals surface area (Å²) in [5.41, 5.74) is 0. The summed E-state index contributed by atoms with van der Waals surface area (Å²) in [6.07, 6.45) is 1.83. The van der Waals surface area contributed by atoms with Crippen LogP contribution in [0.2, 0.25) is 0 Å². The fourth-order valence-corrected chi connectivity index (χ4v) is 3.57. The highest BCUT2D eigenvalue weighted by Gasteiger charge is 2.22. The van der Waals surface area contributed by atoms with E-state index >= 15 is 0 Å². The molecule has 0 radical (unpaired) electrons. The zero-order valence-corrected chi connectivity index (χ0v) is 17.6. The molecule has 0 aromatic rings. The van der Waals surface area contributed by atoms with Crippen molar-refractivity contribution in [2.45, 2.75) is 39.7 Å². The van der Waals surface area contributed by atoms with E-state index in [1.54, 1.807) is 14.0 Å². The number of hydrogen-bond acceptors (Lipinski definition) is 5. The third kappa shape index (κ3) is 9.70. The Balaban J connectivity index is 2.35. The van der Waals surface area contributed by atoms with Crippen LogP contribution in [0, 0.1) is 5.92 Å². The van der Waals surface area contributed by atoms with Crippen molar-refractivity contribution in [2.75, 3.05) is 58.7 Å². The maximum absolute atomic E-state index is 11.4. The maximum Gasteiger partial charge on any atom is 0.211 e. The molecule has 1 rings (SSSR count). The number of rotatable bonds is 11. The molecule has 0 saturated carbocycles. The van der Waals surface area contributed by atoms with Crippen molar-refractivity contribution in [1.29, 1.82) is 0 Å². The van der Waals surface area contributed by atoms with Crippen molar-refractivity contribution < 1.29 is 13.2 Å². The molecule has 0 aromatic heterocycles. The van der Waals surface area contributed by atoms with E-state index in [9.17, 15) is 8.42 Å². The first-order chi connectivity index (χ1) is 12.4. The van der Waals surface area contributed by atoms with Crippen LogP contribution in [0.3, 0.4) is 0 Å². The van der Waals surface area contributed by atoms with Gasteiger partial charge in [-0.2, -0.15) is 0 Å². The van der Waals surface area contributed by atoms with Gasteiger partial charge in [-0.3, -0.25) is 9.89 Å². The maximum atomic E-state index is 11.4. The molecule has 1 atom stereocenters. The van der Waals surface area contributed by atoms with Crippen LogP contribution in [0.25, 0.3) is 0 Å². The zero-order valence-electron chi connectivity index (χ0n) is 16.8. The molecule has 1 aliphatic rings. The number of nitrogens with zero attached hydrogens (tertiary/aromatic N) is 2. The smallest absolute Gasteiger partial charge is 0.211 e. The van der Waals surface area contributed by atoms with Gasteiger partial charge < -0.3 is 15.4 Å². The van der Waals surface area contributed by atoms with Gasteiger partial charge in [-0.1, -0.05) is 13.8 Å². The molecule has 0 bridgehead atoms. The quantitative estimate of drug-likeness (QED) is 0.265. The molecule has 1 saturated heterocycles. The van der Waals surface area contributed by atoms with Gasteiger partial charge in [0, 0.05) is 45.8 Å². The van der Waals surface area contributed by atoms with E-state index in [-0.39, 0.29) is 5.75 Å². The zero-order chi connectivity index (χ0) is 19.4. The Morgan fingerprint density at radius 2 is 1.88 bits per heavy atom. The minimum Gasteiger partial charge on any atom is -0.379 e. The SMILES string of the molecule is CCS(=O)(=O)NCCCNC(=NC)NCC(CC(C)C)N1CCOCC1. The highest BCUT2D eigenvalue weighted by molar-refractivity contribution is 7.89. The van der Waals surface area contributed by atoms with Gasteiger partial charge in [0.15, 0.2) is 5.96 Å². The number of hydrogen-bond donors (Lipinski definition) is 3. The van der Waals surface area contributed by atoms with Crippen LogP contribution in [-0.4, -0.2) is 84.1 Å². The molecule has 154 valence electrons. The van der Waals surface area contributed by atoms with Crippen LogP contribution in [0.4, 0.5) is 0 Å². The van der Waals surface area contributed by atoms with E-state index < -0.39 is 10.0 Å². The van der Waals surface area contributed by atoms with E-state index in [1.165, 1.54) is 0 Å². The summed E-state index contributed by atoms with van der Waals surface area (Å²) >= 11 is 0. The van der Waals surface area contributed by atoms with E-state index in [4.69, 9.17) is 4.74 Å². The summed E-state index contributed by atoms with van der Waals surface area (Å²) in [6.45, 7) is 11.6. The van der Waals surface area contributed by atoms with Crippen molar-refractivity contribution >= 4 is 16.0 Å². The average Bonchev–Trinajstić information content (AvgIpc) is 2.63. The van der Waals surface area contributed by atoms with Crippen LogP contribution in [0.5, 0.6) is 0 Å². The second-order valence-electron chi connectivity index (χ2n) is 6.96. The van der Waals surface area contributed by atoms with Crippen molar-refractivity contribution in [2.24, 2.45) is 10.9 Å². The topological polar surface area (TPSA) is 95.1 Å². The van der Waals surface area contributed by atoms with Crippen LogP contribution in [0.15, 0.2) is 4.99 Å². The third-order valence-corrected chi connectivity index (χ3v) is 5.79. The minimum atomic E-state index is -3.11. The van der Waals surface area contributed by atoms with Crippen LogP contribution in [-0.2, 0) is 14.8 Å². The Morgan fingerprint density at radius 3 is 2.46 bits per heavy atom. The highest BCUT2D eigenvalue weighted by Crippen LogP contribution is 2.12. The first-order valence-electron chi connectivity index (χ1n) is 9.61. The summed E-state index contributed by atoms with van der Waals surface area (Å²) in [5, 5.41) is 6.65. The molecule has 1 aliphatic heterocycles. The lowest BCUT2D eigenvalue weighted by molar-refractivity contribution is 0.0132. The number of morpholine rings is 1. The Labute approximate surface area is 159 Å². The fourth-order valence-electron chi connectivity index (χ4n) is 2.91. The normalized spacial score (nSPS) is 18.1. The summed E-state index contributed by atoms with van der Waals surface area (Å²) in [5.74, 6) is 1.50. The van der Waals surface area contributed by atoms with E-state index in [0.717, 1.165) is 45.2 Å². The standard InChI is InChI=1S/C17H37N5O3S/c1-5-26(23,24)21-8-6-7-19-17(18-4)20-14-16(13-15(2)3)22-9-11-25-12-10-22/h15-16,21H,5-14H2,1-4H3,(H2,18,19,20). The molecule has 9 heteroatoms. The molecule has 26 heavy (non-hydrogen) atoms. The number of ether oxygens (including phenoxy) is 1. The van der Waals surface area contributed by atoms with Gasteiger partial charge in [0.2, 0.25) is 10.0 Å². The molecule has 1 unspecified atom stereocenters. The number of aliphatic imine (C=N–C) groups is 1. The van der Waals surface area contributed by atoms with Crippen LogP contribution in [0.1, 0.15) is 33.6 Å². The average molecular weight is 392 g/mol. The Morgan fingerprint density at radius 1 is 1.19 bits per heavy atom. The summed E-state index contributed by atoms with van der Waals surface area (Å²) in [7, 11) is -1.36. The van der Waals surface area contributed by atoms with Crippen molar-refractivity contribution in [1.82, 2.24) is 20.3 Å².